The summed E-state index contributed by atoms with van der Waals surface area (Å²) < 4.78 is 0. The number of hydrogen-bond acceptors (Lipinski definition) is 4. The predicted octanol–water partition coefficient (Wildman–Crippen LogP) is 0.475. The summed E-state index contributed by atoms with van der Waals surface area (Å²) in [6, 6.07) is 1.55. The highest BCUT2D eigenvalue weighted by molar-refractivity contribution is 6.29. The Kier molecular flexibility index (Phi) is 2.83. The third kappa shape index (κ3) is 2.08. The van der Waals surface area contributed by atoms with Crippen molar-refractivity contribution in [3.63, 3.8) is 0 Å². The molecule has 1 N–H and O–H groups in total. The zero-order valence-electron chi connectivity index (χ0n) is 7.93. The first-order valence-electron chi connectivity index (χ1n) is 4.60. The molecule has 1 aliphatic rings. The molecule has 5 nitrogen and oxygen atoms in total. The van der Waals surface area contributed by atoms with E-state index in [9.17, 15) is 4.79 Å². The van der Waals surface area contributed by atoms with Crippen LogP contribution in [-0.2, 0) is 4.79 Å². The molecular weight excluding hydrogens is 218 g/mol. The number of hydrogen-bond donors (Lipinski definition) is 1. The van der Waals surface area contributed by atoms with Gasteiger partial charge in [-0.1, -0.05) is 11.6 Å². The number of anilines is 1. The zero-order valence-corrected chi connectivity index (χ0v) is 8.68. The Morgan fingerprint density at radius 3 is 3.07 bits per heavy atom. The Hall–Kier alpha value is -1.20. The van der Waals surface area contributed by atoms with Gasteiger partial charge in [-0.15, -0.1) is 0 Å². The lowest BCUT2D eigenvalue weighted by molar-refractivity contribution is -0.117. The highest BCUT2D eigenvalue weighted by atomic mass is 35.5. The second kappa shape index (κ2) is 4.12. The molecule has 1 atom stereocenters. The molecule has 1 saturated heterocycles. The van der Waals surface area contributed by atoms with E-state index < -0.39 is 0 Å². The van der Waals surface area contributed by atoms with E-state index >= 15 is 0 Å². The Bertz CT molecular complexity index is 385. The van der Waals surface area contributed by atoms with Crippen molar-refractivity contribution in [1.82, 2.24) is 9.97 Å². The molecule has 2 rings (SSSR count). The molecule has 15 heavy (non-hydrogen) atoms. The van der Waals surface area contributed by atoms with E-state index in [1.165, 1.54) is 11.1 Å². The molecule has 1 amide bonds. The molecule has 1 unspecified atom stereocenters. The van der Waals surface area contributed by atoms with Gasteiger partial charge in [-0.25, -0.2) is 9.97 Å². The Morgan fingerprint density at radius 2 is 2.47 bits per heavy atom. The van der Waals surface area contributed by atoms with Crippen LogP contribution < -0.4 is 4.90 Å². The van der Waals surface area contributed by atoms with Crippen molar-refractivity contribution < 1.29 is 9.90 Å². The van der Waals surface area contributed by atoms with Crippen LogP contribution in [0.3, 0.4) is 0 Å². The lowest BCUT2D eigenvalue weighted by Crippen LogP contribution is -2.26. The number of carbonyl (C=O) groups is 1. The minimum absolute atomic E-state index is 0.00278. The number of aromatic nitrogens is 2. The normalized spacial score (nSPS) is 21.1. The van der Waals surface area contributed by atoms with Crippen molar-refractivity contribution in [2.75, 3.05) is 18.1 Å². The van der Waals surface area contributed by atoms with Gasteiger partial charge in [0.05, 0.1) is 0 Å². The molecule has 0 saturated carbocycles. The van der Waals surface area contributed by atoms with Crippen molar-refractivity contribution in [2.45, 2.75) is 6.42 Å². The van der Waals surface area contributed by atoms with E-state index in [2.05, 4.69) is 9.97 Å². The first-order valence-corrected chi connectivity index (χ1v) is 4.98. The van der Waals surface area contributed by atoms with Gasteiger partial charge in [-0.2, -0.15) is 0 Å². The monoisotopic (exact) mass is 227 g/mol. The summed E-state index contributed by atoms with van der Waals surface area (Å²) in [5.74, 6) is 0.208. The highest BCUT2D eigenvalue weighted by Gasteiger charge is 2.31. The van der Waals surface area contributed by atoms with Crippen molar-refractivity contribution >= 4 is 23.5 Å². The molecule has 1 aliphatic heterocycles. The molecular formula is C9H10ClN3O2. The van der Waals surface area contributed by atoms with Crippen LogP contribution in [0, 0.1) is 5.92 Å². The van der Waals surface area contributed by atoms with Crippen LogP contribution in [0.4, 0.5) is 5.95 Å². The molecule has 80 valence electrons. The number of halogens is 1. The maximum absolute atomic E-state index is 11.5. The third-order valence-electron chi connectivity index (χ3n) is 2.31. The molecule has 1 aromatic heterocycles. The average Bonchev–Trinajstić information content (AvgIpc) is 2.60. The van der Waals surface area contributed by atoms with Gasteiger partial charge in [0.2, 0.25) is 11.9 Å². The molecule has 1 aromatic rings. The molecule has 0 aromatic carbocycles. The standard InChI is InChI=1S/C9H10ClN3O2/c10-7-1-2-11-9(12-7)13-4-6(5-14)3-8(13)15/h1-2,6,14H,3-5H2. The Labute approximate surface area is 91.7 Å². The summed E-state index contributed by atoms with van der Waals surface area (Å²) in [7, 11) is 0. The Morgan fingerprint density at radius 1 is 1.67 bits per heavy atom. The highest BCUT2D eigenvalue weighted by Crippen LogP contribution is 2.22. The van der Waals surface area contributed by atoms with Gasteiger partial charge in [0, 0.05) is 31.7 Å². The predicted molar refractivity (Wildman–Crippen MR) is 54.6 cm³/mol. The van der Waals surface area contributed by atoms with Crippen LogP contribution in [0.5, 0.6) is 0 Å². The van der Waals surface area contributed by atoms with E-state index in [-0.39, 0.29) is 18.4 Å². The lowest BCUT2D eigenvalue weighted by atomic mass is 10.1. The fourth-order valence-corrected chi connectivity index (χ4v) is 1.69. The molecule has 0 spiro atoms. The summed E-state index contributed by atoms with van der Waals surface area (Å²) >= 11 is 5.70. The Balaban J connectivity index is 2.21. The first kappa shape index (κ1) is 10.3. The third-order valence-corrected chi connectivity index (χ3v) is 2.52. The van der Waals surface area contributed by atoms with Gasteiger partial charge in [0.25, 0.3) is 0 Å². The summed E-state index contributed by atoms with van der Waals surface area (Å²) in [5.41, 5.74) is 0. The van der Waals surface area contributed by atoms with Crippen LogP contribution in [-0.4, -0.2) is 34.1 Å². The van der Waals surface area contributed by atoms with Crippen LogP contribution in [0.1, 0.15) is 6.42 Å². The van der Waals surface area contributed by atoms with Gasteiger partial charge in [0.1, 0.15) is 5.15 Å². The average molecular weight is 228 g/mol. The number of rotatable bonds is 2. The van der Waals surface area contributed by atoms with Crippen molar-refractivity contribution in [3.05, 3.63) is 17.4 Å². The van der Waals surface area contributed by atoms with Crippen molar-refractivity contribution in [3.8, 4) is 0 Å². The molecule has 2 heterocycles. The topological polar surface area (TPSA) is 66.3 Å². The minimum Gasteiger partial charge on any atom is -0.396 e. The van der Waals surface area contributed by atoms with Crippen molar-refractivity contribution in [2.24, 2.45) is 5.92 Å². The van der Waals surface area contributed by atoms with E-state index in [1.807, 2.05) is 0 Å². The summed E-state index contributed by atoms with van der Waals surface area (Å²) in [6.45, 7) is 0.457. The van der Waals surface area contributed by atoms with E-state index in [0.717, 1.165) is 0 Å². The van der Waals surface area contributed by atoms with Crippen molar-refractivity contribution in [1.29, 1.82) is 0 Å². The molecule has 0 aliphatic carbocycles. The fraction of sp³-hybridized carbons (Fsp3) is 0.444. The van der Waals surface area contributed by atoms with E-state index in [1.54, 1.807) is 6.07 Å². The summed E-state index contributed by atoms with van der Waals surface area (Å²) in [6.07, 6.45) is 1.84. The van der Waals surface area contributed by atoms with E-state index in [0.29, 0.717) is 24.1 Å². The smallest absolute Gasteiger partial charge is 0.233 e. The van der Waals surface area contributed by atoms with Gasteiger partial charge < -0.3 is 5.11 Å². The molecule has 0 bridgehead atoms. The maximum Gasteiger partial charge on any atom is 0.233 e. The second-order valence-corrected chi connectivity index (χ2v) is 3.82. The molecule has 0 radical (unpaired) electrons. The van der Waals surface area contributed by atoms with Crippen LogP contribution in [0.2, 0.25) is 5.15 Å². The molecule has 1 fully saturated rings. The fourth-order valence-electron chi connectivity index (χ4n) is 1.55. The van der Waals surface area contributed by atoms with Gasteiger partial charge >= 0.3 is 0 Å². The first-order chi connectivity index (χ1) is 7.20. The summed E-state index contributed by atoms with van der Waals surface area (Å²) in [5, 5.41) is 9.26. The molecule has 6 heteroatoms. The van der Waals surface area contributed by atoms with Gasteiger partial charge in [-0.05, 0) is 6.07 Å². The number of amides is 1. The zero-order chi connectivity index (χ0) is 10.8. The quantitative estimate of drug-likeness (QED) is 0.747. The van der Waals surface area contributed by atoms with Gasteiger partial charge in [-0.3, -0.25) is 9.69 Å². The number of aliphatic hydroxyl groups excluding tert-OH is 1. The number of aliphatic hydroxyl groups is 1. The van der Waals surface area contributed by atoms with E-state index in [4.69, 9.17) is 16.7 Å². The minimum atomic E-state index is -0.0729. The maximum atomic E-state index is 11.5. The SMILES string of the molecule is O=C1CC(CO)CN1c1nccc(Cl)n1. The van der Waals surface area contributed by atoms with Crippen LogP contribution in [0.25, 0.3) is 0 Å². The van der Waals surface area contributed by atoms with Gasteiger partial charge in [0.15, 0.2) is 0 Å². The number of nitrogens with zero attached hydrogens (tertiary/aromatic N) is 3. The van der Waals surface area contributed by atoms with Crippen LogP contribution in [0.15, 0.2) is 12.3 Å². The summed E-state index contributed by atoms with van der Waals surface area (Å²) in [4.78, 5) is 20.9. The second-order valence-electron chi connectivity index (χ2n) is 3.44. The lowest BCUT2D eigenvalue weighted by Gasteiger charge is -2.13. The largest absolute Gasteiger partial charge is 0.396 e. The number of carbonyl (C=O) groups excluding carboxylic acids is 1. The van der Waals surface area contributed by atoms with Crippen LogP contribution >= 0.6 is 11.6 Å².